The number of rotatable bonds is 6. The van der Waals surface area contributed by atoms with Crippen LogP contribution in [-0.4, -0.2) is 16.7 Å². The van der Waals surface area contributed by atoms with Crippen molar-refractivity contribution in [2.75, 3.05) is 6.54 Å². The molecule has 0 aliphatic carbocycles. The van der Waals surface area contributed by atoms with E-state index in [2.05, 4.69) is 29.4 Å². The quantitative estimate of drug-likeness (QED) is 0.751. The van der Waals surface area contributed by atoms with E-state index in [4.69, 9.17) is 0 Å². The first-order valence-corrected chi connectivity index (χ1v) is 5.34. The van der Waals surface area contributed by atoms with Gasteiger partial charge >= 0.3 is 0 Å². The molecule has 1 rings (SSSR count). The van der Waals surface area contributed by atoms with Gasteiger partial charge in [-0.1, -0.05) is 26.7 Å². The van der Waals surface area contributed by atoms with E-state index >= 15 is 0 Å². The first kappa shape index (κ1) is 11.1. The maximum absolute atomic E-state index is 4.01. The fourth-order valence-electron chi connectivity index (χ4n) is 1.41. The van der Waals surface area contributed by atoms with Gasteiger partial charge in [-0.25, -0.2) is 0 Å². The van der Waals surface area contributed by atoms with Crippen molar-refractivity contribution in [3.63, 3.8) is 0 Å². The van der Waals surface area contributed by atoms with Gasteiger partial charge in [0.1, 0.15) is 0 Å². The van der Waals surface area contributed by atoms with E-state index < -0.39 is 0 Å². The van der Waals surface area contributed by atoms with Gasteiger partial charge in [-0.15, -0.1) is 0 Å². The van der Waals surface area contributed by atoms with E-state index in [0.717, 1.165) is 24.7 Å². The van der Waals surface area contributed by atoms with Crippen molar-refractivity contribution in [1.29, 1.82) is 0 Å². The molecule has 1 aromatic heterocycles. The van der Waals surface area contributed by atoms with Gasteiger partial charge in [0.2, 0.25) is 0 Å². The van der Waals surface area contributed by atoms with Crippen molar-refractivity contribution >= 4 is 0 Å². The van der Waals surface area contributed by atoms with Crippen molar-refractivity contribution in [3.05, 3.63) is 24.0 Å². The summed E-state index contributed by atoms with van der Waals surface area (Å²) in [6, 6.07) is 3.91. The molecular weight excluding hydrogens is 174 g/mol. The van der Waals surface area contributed by atoms with Gasteiger partial charge < -0.3 is 5.32 Å². The lowest BCUT2D eigenvalue weighted by Gasteiger charge is -2.12. The Morgan fingerprint density at radius 2 is 2.14 bits per heavy atom. The summed E-state index contributed by atoms with van der Waals surface area (Å²) < 4.78 is 0. The van der Waals surface area contributed by atoms with Crippen LogP contribution < -0.4 is 5.32 Å². The van der Waals surface area contributed by atoms with E-state index in [9.17, 15) is 0 Å². The maximum Gasteiger partial charge on any atom is 0.0768 e. The summed E-state index contributed by atoms with van der Waals surface area (Å²) in [7, 11) is 0. The van der Waals surface area contributed by atoms with Crippen molar-refractivity contribution < 1.29 is 0 Å². The summed E-state index contributed by atoms with van der Waals surface area (Å²) in [5, 5.41) is 11.2. The Kier molecular flexibility index (Phi) is 5.15. The third-order valence-corrected chi connectivity index (χ3v) is 2.52. The van der Waals surface area contributed by atoms with E-state index in [-0.39, 0.29) is 0 Å². The normalized spacial score (nSPS) is 10.8. The Hall–Kier alpha value is -0.960. The summed E-state index contributed by atoms with van der Waals surface area (Å²) >= 11 is 0. The highest BCUT2D eigenvalue weighted by Crippen LogP contribution is 2.05. The number of hydrogen-bond acceptors (Lipinski definition) is 3. The highest BCUT2D eigenvalue weighted by atomic mass is 15.1. The van der Waals surface area contributed by atoms with Crippen LogP contribution >= 0.6 is 0 Å². The number of hydrogen-bond donors (Lipinski definition) is 1. The van der Waals surface area contributed by atoms with Crippen molar-refractivity contribution in [2.24, 2.45) is 5.92 Å². The Morgan fingerprint density at radius 1 is 1.36 bits per heavy atom. The molecule has 0 amide bonds. The summed E-state index contributed by atoms with van der Waals surface area (Å²) in [5.41, 5.74) is 1.01. The van der Waals surface area contributed by atoms with Gasteiger partial charge in [-0.2, -0.15) is 10.2 Å². The molecule has 0 spiro atoms. The van der Waals surface area contributed by atoms with Crippen molar-refractivity contribution in [3.8, 4) is 0 Å². The lowest BCUT2D eigenvalue weighted by molar-refractivity contribution is 0.447. The Morgan fingerprint density at radius 3 is 2.71 bits per heavy atom. The van der Waals surface area contributed by atoms with Crippen LogP contribution in [0.3, 0.4) is 0 Å². The predicted molar refractivity (Wildman–Crippen MR) is 57.8 cm³/mol. The van der Waals surface area contributed by atoms with Gasteiger partial charge in [0.05, 0.1) is 5.69 Å². The Balaban J connectivity index is 2.21. The highest BCUT2D eigenvalue weighted by molar-refractivity contribution is 4.98. The molecule has 1 heterocycles. The Bertz CT molecular complexity index is 232. The minimum Gasteiger partial charge on any atom is -0.311 e. The van der Waals surface area contributed by atoms with Gasteiger partial charge in [0.25, 0.3) is 0 Å². The zero-order chi connectivity index (χ0) is 10.2. The van der Waals surface area contributed by atoms with Gasteiger partial charge in [-0.05, 0) is 24.6 Å². The van der Waals surface area contributed by atoms with Gasteiger partial charge in [-0.3, -0.25) is 0 Å². The van der Waals surface area contributed by atoms with Crippen LogP contribution in [0.4, 0.5) is 0 Å². The van der Waals surface area contributed by atoms with Crippen LogP contribution in [0.2, 0.25) is 0 Å². The molecule has 0 saturated carbocycles. The minimum absolute atomic E-state index is 0.784. The molecule has 0 unspecified atom stereocenters. The lowest BCUT2D eigenvalue weighted by Crippen LogP contribution is -2.22. The van der Waals surface area contributed by atoms with Crippen LogP contribution in [-0.2, 0) is 6.54 Å². The van der Waals surface area contributed by atoms with Crippen LogP contribution in [0.1, 0.15) is 32.4 Å². The van der Waals surface area contributed by atoms with E-state index in [1.54, 1.807) is 6.20 Å². The average Bonchev–Trinajstić information content (AvgIpc) is 2.26. The smallest absolute Gasteiger partial charge is 0.0768 e. The molecular formula is C11H19N3. The van der Waals surface area contributed by atoms with Crippen LogP contribution in [0.5, 0.6) is 0 Å². The molecule has 3 nitrogen and oxygen atoms in total. The molecule has 0 aliphatic rings. The second-order valence-electron chi connectivity index (χ2n) is 3.53. The average molecular weight is 193 g/mol. The van der Waals surface area contributed by atoms with Crippen LogP contribution in [0.15, 0.2) is 18.3 Å². The molecule has 0 saturated heterocycles. The maximum atomic E-state index is 4.01. The number of nitrogens with one attached hydrogen (secondary N) is 1. The third kappa shape index (κ3) is 3.83. The monoisotopic (exact) mass is 193 g/mol. The lowest BCUT2D eigenvalue weighted by atomic mass is 10.0. The first-order chi connectivity index (χ1) is 6.86. The van der Waals surface area contributed by atoms with E-state index in [1.807, 2.05) is 12.1 Å². The van der Waals surface area contributed by atoms with Gasteiger partial charge in [0.15, 0.2) is 0 Å². The minimum atomic E-state index is 0.784. The molecule has 0 fully saturated rings. The van der Waals surface area contributed by atoms with Crippen LogP contribution in [0, 0.1) is 5.92 Å². The van der Waals surface area contributed by atoms with Gasteiger partial charge in [0, 0.05) is 12.7 Å². The standard InChI is InChI=1S/C11H19N3/c1-3-10(4-2)8-12-9-11-6-5-7-13-14-11/h5-7,10,12H,3-4,8-9H2,1-2H3. The molecule has 0 radical (unpaired) electrons. The SMILES string of the molecule is CCC(CC)CNCc1cccnn1. The Labute approximate surface area is 85.9 Å². The summed E-state index contributed by atoms with van der Waals surface area (Å²) in [6.45, 7) is 6.37. The topological polar surface area (TPSA) is 37.8 Å². The number of nitrogens with zero attached hydrogens (tertiary/aromatic N) is 2. The molecule has 0 atom stereocenters. The molecule has 0 bridgehead atoms. The molecule has 0 aromatic carbocycles. The van der Waals surface area contributed by atoms with Crippen molar-refractivity contribution in [2.45, 2.75) is 33.2 Å². The van der Waals surface area contributed by atoms with Crippen molar-refractivity contribution in [1.82, 2.24) is 15.5 Å². The fourth-order valence-corrected chi connectivity index (χ4v) is 1.41. The van der Waals surface area contributed by atoms with E-state index in [0.29, 0.717) is 0 Å². The molecule has 1 N–H and O–H groups in total. The molecule has 14 heavy (non-hydrogen) atoms. The number of aromatic nitrogens is 2. The second kappa shape index (κ2) is 6.49. The summed E-state index contributed by atoms with van der Waals surface area (Å²) in [5.74, 6) is 0.784. The zero-order valence-corrected chi connectivity index (χ0v) is 9.03. The summed E-state index contributed by atoms with van der Waals surface area (Å²) in [6.07, 6.45) is 4.18. The fraction of sp³-hybridized carbons (Fsp3) is 0.636. The molecule has 3 heteroatoms. The molecule has 1 aromatic rings. The molecule has 0 aliphatic heterocycles. The predicted octanol–water partition coefficient (Wildman–Crippen LogP) is 2.00. The highest BCUT2D eigenvalue weighted by Gasteiger charge is 2.02. The second-order valence-corrected chi connectivity index (χ2v) is 3.53. The first-order valence-electron chi connectivity index (χ1n) is 5.34. The molecule has 78 valence electrons. The summed E-state index contributed by atoms with van der Waals surface area (Å²) in [4.78, 5) is 0. The zero-order valence-electron chi connectivity index (χ0n) is 9.03. The van der Waals surface area contributed by atoms with Crippen LogP contribution in [0.25, 0.3) is 0 Å². The largest absolute Gasteiger partial charge is 0.311 e. The van der Waals surface area contributed by atoms with E-state index in [1.165, 1.54) is 12.8 Å². The third-order valence-electron chi connectivity index (χ3n) is 2.52.